The molecule has 154 valence electrons. The van der Waals surface area contributed by atoms with Crippen molar-refractivity contribution in [1.82, 2.24) is 10.2 Å². The predicted molar refractivity (Wildman–Crippen MR) is 111 cm³/mol. The van der Waals surface area contributed by atoms with E-state index < -0.39 is 17.7 Å². The second-order valence-corrected chi connectivity index (χ2v) is 8.70. The molecule has 2 N–H and O–H groups in total. The largest absolute Gasteiger partial charge is 0.444 e. The number of nitrogens with zero attached hydrogens (tertiary/aromatic N) is 1. The number of carbonyl (C=O) groups excluding carboxylic acids is 3. The molecule has 28 heavy (non-hydrogen) atoms. The lowest BCUT2D eigenvalue weighted by Crippen LogP contribution is -2.53. The quantitative estimate of drug-likeness (QED) is 0.711. The molecular formula is C20H28BrN3O4. The average Bonchev–Trinajstić information content (AvgIpc) is 2.62. The van der Waals surface area contributed by atoms with Crippen molar-refractivity contribution >= 4 is 39.5 Å². The summed E-state index contributed by atoms with van der Waals surface area (Å²) in [7, 11) is 0. The van der Waals surface area contributed by atoms with Crippen molar-refractivity contribution in [2.45, 2.75) is 58.1 Å². The summed E-state index contributed by atoms with van der Waals surface area (Å²) in [5, 5.41) is 5.55. The number of hydrogen-bond acceptors (Lipinski definition) is 4. The van der Waals surface area contributed by atoms with Crippen molar-refractivity contribution in [2.24, 2.45) is 0 Å². The highest BCUT2D eigenvalue weighted by atomic mass is 79.9. The number of benzene rings is 1. The Morgan fingerprint density at radius 3 is 2.50 bits per heavy atom. The van der Waals surface area contributed by atoms with Crippen LogP contribution in [0.5, 0.6) is 0 Å². The van der Waals surface area contributed by atoms with Gasteiger partial charge in [0.2, 0.25) is 11.8 Å². The Labute approximate surface area is 174 Å². The molecule has 1 saturated heterocycles. The van der Waals surface area contributed by atoms with Gasteiger partial charge in [0.05, 0.1) is 0 Å². The molecule has 1 fully saturated rings. The molecule has 2 rings (SSSR count). The van der Waals surface area contributed by atoms with E-state index in [1.54, 1.807) is 32.9 Å². The van der Waals surface area contributed by atoms with Gasteiger partial charge in [-0.1, -0.05) is 15.9 Å². The van der Waals surface area contributed by atoms with E-state index in [2.05, 4.69) is 26.6 Å². The van der Waals surface area contributed by atoms with E-state index in [4.69, 9.17) is 4.74 Å². The van der Waals surface area contributed by atoms with Gasteiger partial charge in [0.15, 0.2) is 0 Å². The van der Waals surface area contributed by atoms with E-state index in [9.17, 15) is 14.4 Å². The zero-order valence-corrected chi connectivity index (χ0v) is 18.2. The minimum Gasteiger partial charge on any atom is -0.444 e. The zero-order valence-electron chi connectivity index (χ0n) is 16.6. The lowest BCUT2D eigenvalue weighted by atomic mass is 10.0. The van der Waals surface area contributed by atoms with Crippen LogP contribution in [0.3, 0.4) is 0 Å². The van der Waals surface area contributed by atoms with E-state index >= 15 is 0 Å². The standard InChI is InChI=1S/C20H28BrN3O4/c1-20(2,3)28-19(27)24-13-5-4-6-16(24)18(26)22-12-11-17(25)23-15-9-7-14(21)8-10-15/h7-10,16H,4-6,11-13H2,1-3H3,(H,22,26)(H,23,25). The maximum Gasteiger partial charge on any atom is 0.410 e. The van der Waals surface area contributed by atoms with E-state index in [1.807, 2.05) is 12.1 Å². The molecule has 7 nitrogen and oxygen atoms in total. The minimum absolute atomic E-state index is 0.154. The second kappa shape index (κ2) is 9.91. The zero-order chi connectivity index (χ0) is 20.7. The summed E-state index contributed by atoms with van der Waals surface area (Å²) in [6.07, 6.45) is 2.00. The van der Waals surface area contributed by atoms with Gasteiger partial charge in [0, 0.05) is 29.7 Å². The molecule has 3 amide bonds. The van der Waals surface area contributed by atoms with Gasteiger partial charge in [-0.15, -0.1) is 0 Å². The lowest BCUT2D eigenvalue weighted by molar-refractivity contribution is -0.127. The molecule has 0 radical (unpaired) electrons. The maximum absolute atomic E-state index is 12.6. The van der Waals surface area contributed by atoms with Crippen LogP contribution in [0.1, 0.15) is 46.5 Å². The number of ether oxygens (including phenoxy) is 1. The Kier molecular flexibility index (Phi) is 7.86. The third kappa shape index (κ3) is 7.14. The summed E-state index contributed by atoms with van der Waals surface area (Å²) in [6, 6.07) is 6.71. The van der Waals surface area contributed by atoms with Crippen LogP contribution in [0.25, 0.3) is 0 Å². The Morgan fingerprint density at radius 2 is 1.86 bits per heavy atom. The first-order valence-corrected chi connectivity index (χ1v) is 10.3. The SMILES string of the molecule is CC(C)(C)OC(=O)N1CCCCC1C(=O)NCCC(=O)Nc1ccc(Br)cc1. The molecule has 1 aromatic carbocycles. The summed E-state index contributed by atoms with van der Waals surface area (Å²) in [5.41, 5.74) is 0.0867. The Bertz CT molecular complexity index is 700. The monoisotopic (exact) mass is 453 g/mol. The highest BCUT2D eigenvalue weighted by Gasteiger charge is 2.34. The fraction of sp³-hybridized carbons (Fsp3) is 0.550. The number of nitrogens with one attached hydrogen (secondary N) is 2. The molecule has 8 heteroatoms. The number of piperidine rings is 1. The summed E-state index contributed by atoms with van der Waals surface area (Å²) in [5.74, 6) is -0.433. The van der Waals surface area contributed by atoms with Crippen LogP contribution in [0.2, 0.25) is 0 Å². The fourth-order valence-corrected chi connectivity index (χ4v) is 3.18. The molecular weight excluding hydrogens is 426 g/mol. The molecule has 0 bridgehead atoms. The van der Waals surface area contributed by atoms with Crippen LogP contribution >= 0.6 is 15.9 Å². The van der Waals surface area contributed by atoms with Crippen LogP contribution in [0.4, 0.5) is 10.5 Å². The van der Waals surface area contributed by atoms with Crippen LogP contribution in [-0.2, 0) is 14.3 Å². The Balaban J connectivity index is 1.82. The molecule has 0 saturated carbocycles. The number of halogens is 1. The predicted octanol–water partition coefficient (Wildman–Crippen LogP) is 3.68. The molecule has 0 aliphatic carbocycles. The molecule has 1 aromatic rings. The van der Waals surface area contributed by atoms with Crippen LogP contribution in [0, 0.1) is 0 Å². The number of anilines is 1. The number of rotatable bonds is 5. The van der Waals surface area contributed by atoms with Gasteiger partial charge in [-0.2, -0.15) is 0 Å². The summed E-state index contributed by atoms with van der Waals surface area (Å²) >= 11 is 3.34. The molecule has 0 aromatic heterocycles. The van der Waals surface area contributed by atoms with Crippen molar-refractivity contribution in [3.63, 3.8) is 0 Å². The first-order valence-electron chi connectivity index (χ1n) is 9.48. The highest BCUT2D eigenvalue weighted by Crippen LogP contribution is 2.20. The second-order valence-electron chi connectivity index (χ2n) is 7.78. The number of hydrogen-bond donors (Lipinski definition) is 2. The third-order valence-corrected chi connectivity index (χ3v) is 4.74. The minimum atomic E-state index is -0.610. The molecule has 1 unspecified atom stereocenters. The van der Waals surface area contributed by atoms with E-state index in [0.717, 1.165) is 17.3 Å². The Morgan fingerprint density at radius 1 is 1.18 bits per heavy atom. The summed E-state index contributed by atoms with van der Waals surface area (Å²) in [6.45, 7) is 6.10. The number of likely N-dealkylation sites (tertiary alicyclic amines) is 1. The normalized spacial score (nSPS) is 17.0. The van der Waals surface area contributed by atoms with Gasteiger partial charge in [0.1, 0.15) is 11.6 Å². The van der Waals surface area contributed by atoms with Crippen molar-refractivity contribution in [2.75, 3.05) is 18.4 Å². The van der Waals surface area contributed by atoms with Gasteiger partial charge < -0.3 is 15.4 Å². The van der Waals surface area contributed by atoms with Crippen LogP contribution in [-0.4, -0.2) is 47.5 Å². The van der Waals surface area contributed by atoms with E-state index in [1.165, 1.54) is 4.90 Å². The van der Waals surface area contributed by atoms with Crippen molar-refractivity contribution in [3.05, 3.63) is 28.7 Å². The molecule has 1 heterocycles. The lowest BCUT2D eigenvalue weighted by Gasteiger charge is -2.35. The van der Waals surface area contributed by atoms with Gasteiger partial charge in [-0.05, 0) is 64.3 Å². The average molecular weight is 454 g/mol. The number of amides is 3. The molecule has 1 aliphatic rings. The third-order valence-electron chi connectivity index (χ3n) is 4.21. The first-order chi connectivity index (χ1) is 13.2. The van der Waals surface area contributed by atoms with Crippen molar-refractivity contribution in [1.29, 1.82) is 0 Å². The smallest absolute Gasteiger partial charge is 0.410 e. The topological polar surface area (TPSA) is 87.7 Å². The highest BCUT2D eigenvalue weighted by molar-refractivity contribution is 9.10. The number of carbonyl (C=O) groups is 3. The van der Waals surface area contributed by atoms with Gasteiger partial charge >= 0.3 is 6.09 Å². The van der Waals surface area contributed by atoms with Gasteiger partial charge in [-0.25, -0.2) is 4.79 Å². The Hall–Kier alpha value is -2.09. The van der Waals surface area contributed by atoms with E-state index in [-0.39, 0.29) is 24.8 Å². The summed E-state index contributed by atoms with van der Waals surface area (Å²) < 4.78 is 6.34. The van der Waals surface area contributed by atoms with Crippen LogP contribution in [0.15, 0.2) is 28.7 Å². The fourth-order valence-electron chi connectivity index (χ4n) is 2.92. The first kappa shape index (κ1) is 22.2. The maximum atomic E-state index is 12.6. The van der Waals surface area contributed by atoms with E-state index in [0.29, 0.717) is 18.7 Å². The van der Waals surface area contributed by atoms with Gasteiger partial charge in [0.25, 0.3) is 0 Å². The van der Waals surface area contributed by atoms with Gasteiger partial charge in [-0.3, -0.25) is 14.5 Å². The molecule has 1 atom stereocenters. The summed E-state index contributed by atoms with van der Waals surface area (Å²) in [4.78, 5) is 38.5. The van der Waals surface area contributed by atoms with Crippen molar-refractivity contribution < 1.29 is 19.1 Å². The van der Waals surface area contributed by atoms with Crippen LogP contribution < -0.4 is 10.6 Å². The van der Waals surface area contributed by atoms with Crippen molar-refractivity contribution in [3.8, 4) is 0 Å². The molecule has 0 spiro atoms. The molecule has 1 aliphatic heterocycles.